The molecule has 0 amide bonds. The maximum atomic E-state index is 5.35. The molecule has 1 N–H and O–H groups in total. The molecule has 3 nitrogen and oxygen atoms in total. The lowest BCUT2D eigenvalue weighted by Crippen LogP contribution is -2.26. The fourth-order valence-corrected chi connectivity index (χ4v) is 2.19. The Hall–Kier alpha value is -0.800. The van der Waals surface area contributed by atoms with Crippen molar-refractivity contribution >= 4 is 0 Å². The van der Waals surface area contributed by atoms with Crippen LogP contribution in [0.5, 0.6) is 0 Å². The van der Waals surface area contributed by atoms with Crippen molar-refractivity contribution in [3.05, 3.63) is 24.2 Å². The highest BCUT2D eigenvalue weighted by Gasteiger charge is 2.22. The summed E-state index contributed by atoms with van der Waals surface area (Å²) in [6, 6.07) is 4.01. The van der Waals surface area contributed by atoms with Crippen LogP contribution in [0, 0.1) is 5.92 Å². The summed E-state index contributed by atoms with van der Waals surface area (Å²) < 4.78 is 5.35. The van der Waals surface area contributed by atoms with Gasteiger partial charge < -0.3 is 9.73 Å². The van der Waals surface area contributed by atoms with Gasteiger partial charge in [0.05, 0.1) is 12.8 Å². The zero-order chi connectivity index (χ0) is 10.5. The van der Waals surface area contributed by atoms with Gasteiger partial charge in [-0.3, -0.25) is 4.90 Å². The van der Waals surface area contributed by atoms with Crippen molar-refractivity contribution < 1.29 is 4.42 Å². The summed E-state index contributed by atoms with van der Waals surface area (Å²) in [5.41, 5.74) is 0. The van der Waals surface area contributed by atoms with Crippen molar-refractivity contribution in [3.63, 3.8) is 0 Å². The molecule has 1 saturated heterocycles. The lowest BCUT2D eigenvalue weighted by molar-refractivity contribution is 0.285. The lowest BCUT2D eigenvalue weighted by Gasteiger charge is -2.14. The van der Waals surface area contributed by atoms with Gasteiger partial charge in [0.1, 0.15) is 5.76 Å². The third kappa shape index (κ3) is 3.08. The van der Waals surface area contributed by atoms with Gasteiger partial charge in [0.15, 0.2) is 0 Å². The van der Waals surface area contributed by atoms with Crippen LogP contribution in [0.15, 0.2) is 22.8 Å². The fraction of sp³-hybridized carbons (Fsp3) is 0.667. The third-order valence-electron chi connectivity index (χ3n) is 3.01. The number of hydrogen-bond acceptors (Lipinski definition) is 3. The topological polar surface area (TPSA) is 28.4 Å². The highest BCUT2D eigenvalue weighted by molar-refractivity contribution is 4.98. The minimum atomic E-state index is 0.819. The molecule has 1 aromatic rings. The van der Waals surface area contributed by atoms with Crippen LogP contribution in [0.25, 0.3) is 0 Å². The second-order valence-electron chi connectivity index (χ2n) is 4.28. The highest BCUT2D eigenvalue weighted by Crippen LogP contribution is 2.18. The Kier molecular flexibility index (Phi) is 3.80. The molecule has 0 radical (unpaired) electrons. The van der Waals surface area contributed by atoms with Crippen LogP contribution in [0.1, 0.15) is 19.1 Å². The molecule has 2 heterocycles. The van der Waals surface area contributed by atoms with E-state index in [1.807, 2.05) is 6.07 Å². The summed E-state index contributed by atoms with van der Waals surface area (Å²) in [5.74, 6) is 1.90. The monoisotopic (exact) mass is 208 g/mol. The molecule has 3 heteroatoms. The van der Waals surface area contributed by atoms with E-state index in [1.165, 1.54) is 19.5 Å². The van der Waals surface area contributed by atoms with Crippen LogP contribution in [-0.4, -0.2) is 31.1 Å². The van der Waals surface area contributed by atoms with E-state index in [-0.39, 0.29) is 0 Å². The molecule has 2 rings (SSSR count). The number of likely N-dealkylation sites (tertiary alicyclic amines) is 1. The first kappa shape index (κ1) is 10.7. The molecule has 1 aromatic heterocycles. The number of furan rings is 1. The standard InChI is InChI=1S/C12H20N2O/c1-2-13-8-11-5-6-14(9-11)10-12-4-3-7-15-12/h3-4,7,11,13H,2,5-6,8-10H2,1H3. The number of nitrogens with one attached hydrogen (secondary N) is 1. The molecule has 0 bridgehead atoms. The first-order valence-corrected chi connectivity index (χ1v) is 5.84. The van der Waals surface area contributed by atoms with Crippen molar-refractivity contribution in [1.29, 1.82) is 0 Å². The Morgan fingerprint density at radius 1 is 1.60 bits per heavy atom. The van der Waals surface area contributed by atoms with Gasteiger partial charge in [-0.25, -0.2) is 0 Å². The Bertz CT molecular complexity index is 271. The molecular formula is C12H20N2O. The van der Waals surface area contributed by atoms with Gasteiger partial charge >= 0.3 is 0 Å². The van der Waals surface area contributed by atoms with Crippen molar-refractivity contribution in [1.82, 2.24) is 10.2 Å². The second kappa shape index (κ2) is 5.33. The zero-order valence-corrected chi connectivity index (χ0v) is 9.41. The van der Waals surface area contributed by atoms with Crippen molar-refractivity contribution in [2.24, 2.45) is 5.92 Å². The predicted octanol–water partition coefficient (Wildman–Crippen LogP) is 1.71. The molecule has 84 valence electrons. The highest BCUT2D eigenvalue weighted by atomic mass is 16.3. The Labute approximate surface area is 91.4 Å². The number of hydrogen-bond donors (Lipinski definition) is 1. The van der Waals surface area contributed by atoms with E-state index in [0.29, 0.717) is 0 Å². The van der Waals surface area contributed by atoms with E-state index in [9.17, 15) is 0 Å². The fourth-order valence-electron chi connectivity index (χ4n) is 2.19. The van der Waals surface area contributed by atoms with Crippen LogP contribution in [0.3, 0.4) is 0 Å². The van der Waals surface area contributed by atoms with E-state index in [1.54, 1.807) is 6.26 Å². The summed E-state index contributed by atoms with van der Waals surface area (Å²) in [6.07, 6.45) is 3.06. The second-order valence-corrected chi connectivity index (χ2v) is 4.28. The average molecular weight is 208 g/mol. The predicted molar refractivity (Wildman–Crippen MR) is 60.6 cm³/mol. The smallest absolute Gasteiger partial charge is 0.117 e. The molecule has 1 unspecified atom stereocenters. The number of rotatable bonds is 5. The largest absolute Gasteiger partial charge is 0.468 e. The van der Waals surface area contributed by atoms with Crippen molar-refractivity contribution in [2.45, 2.75) is 19.9 Å². The normalized spacial score (nSPS) is 22.3. The molecule has 0 aliphatic carbocycles. The molecule has 1 fully saturated rings. The van der Waals surface area contributed by atoms with E-state index < -0.39 is 0 Å². The lowest BCUT2D eigenvalue weighted by atomic mass is 10.1. The third-order valence-corrected chi connectivity index (χ3v) is 3.01. The molecule has 1 aliphatic rings. The quantitative estimate of drug-likeness (QED) is 0.798. The van der Waals surface area contributed by atoms with Crippen LogP contribution in [0.2, 0.25) is 0 Å². The van der Waals surface area contributed by atoms with Crippen LogP contribution < -0.4 is 5.32 Å². The molecular weight excluding hydrogens is 188 g/mol. The summed E-state index contributed by atoms with van der Waals surface area (Å²) in [4.78, 5) is 2.47. The summed E-state index contributed by atoms with van der Waals surface area (Å²) in [6.45, 7) is 7.77. The van der Waals surface area contributed by atoms with E-state index in [0.717, 1.165) is 31.3 Å². The minimum absolute atomic E-state index is 0.819. The first-order valence-electron chi connectivity index (χ1n) is 5.84. The SMILES string of the molecule is CCNCC1CCN(Cc2ccco2)C1. The zero-order valence-electron chi connectivity index (χ0n) is 9.41. The van der Waals surface area contributed by atoms with Gasteiger partial charge in [-0.2, -0.15) is 0 Å². The van der Waals surface area contributed by atoms with Gasteiger partial charge in [0, 0.05) is 6.54 Å². The van der Waals surface area contributed by atoms with E-state index >= 15 is 0 Å². The number of nitrogens with zero attached hydrogens (tertiary/aromatic N) is 1. The van der Waals surface area contributed by atoms with Crippen LogP contribution >= 0.6 is 0 Å². The van der Waals surface area contributed by atoms with Crippen molar-refractivity contribution in [2.75, 3.05) is 26.2 Å². The molecule has 1 atom stereocenters. The van der Waals surface area contributed by atoms with Crippen LogP contribution in [-0.2, 0) is 6.54 Å². The van der Waals surface area contributed by atoms with E-state index in [4.69, 9.17) is 4.42 Å². The van der Waals surface area contributed by atoms with Gasteiger partial charge in [0.25, 0.3) is 0 Å². The Balaban J connectivity index is 1.73. The van der Waals surface area contributed by atoms with Gasteiger partial charge in [-0.15, -0.1) is 0 Å². The molecule has 0 saturated carbocycles. The molecule has 1 aliphatic heterocycles. The Morgan fingerprint density at radius 3 is 3.27 bits per heavy atom. The van der Waals surface area contributed by atoms with Gasteiger partial charge in [-0.05, 0) is 44.1 Å². The van der Waals surface area contributed by atoms with Gasteiger partial charge in [0.2, 0.25) is 0 Å². The summed E-state index contributed by atoms with van der Waals surface area (Å²) in [5, 5.41) is 3.42. The molecule has 0 aromatic carbocycles. The van der Waals surface area contributed by atoms with Crippen LogP contribution in [0.4, 0.5) is 0 Å². The first-order chi connectivity index (χ1) is 7.38. The maximum absolute atomic E-state index is 5.35. The molecule has 0 spiro atoms. The summed E-state index contributed by atoms with van der Waals surface area (Å²) in [7, 11) is 0. The molecule has 15 heavy (non-hydrogen) atoms. The van der Waals surface area contributed by atoms with Gasteiger partial charge in [-0.1, -0.05) is 6.92 Å². The average Bonchev–Trinajstić information content (AvgIpc) is 2.87. The van der Waals surface area contributed by atoms with Crippen molar-refractivity contribution in [3.8, 4) is 0 Å². The Morgan fingerprint density at radius 2 is 2.53 bits per heavy atom. The maximum Gasteiger partial charge on any atom is 0.117 e. The summed E-state index contributed by atoms with van der Waals surface area (Å²) >= 11 is 0. The minimum Gasteiger partial charge on any atom is -0.468 e. The van der Waals surface area contributed by atoms with E-state index in [2.05, 4.69) is 23.2 Å².